The van der Waals surface area contributed by atoms with Crippen molar-refractivity contribution in [3.05, 3.63) is 76.0 Å². The number of nitrogens with one attached hydrogen (secondary N) is 2. The van der Waals surface area contributed by atoms with Crippen LogP contribution in [0.15, 0.2) is 69.3 Å². The van der Waals surface area contributed by atoms with Gasteiger partial charge in [-0.25, -0.2) is 9.78 Å². The van der Waals surface area contributed by atoms with E-state index in [0.29, 0.717) is 27.8 Å². The summed E-state index contributed by atoms with van der Waals surface area (Å²) >= 11 is 1.22. The van der Waals surface area contributed by atoms with Gasteiger partial charge in [0.2, 0.25) is 5.69 Å². The number of benzene rings is 2. The van der Waals surface area contributed by atoms with Crippen LogP contribution in [0.4, 0.5) is 5.13 Å². The van der Waals surface area contributed by atoms with Gasteiger partial charge in [-0.3, -0.25) is 14.6 Å². The number of nitrogens with zero attached hydrogens (tertiary/aromatic N) is 2. The third-order valence-corrected chi connectivity index (χ3v) is 4.74. The highest BCUT2D eigenvalue weighted by Crippen LogP contribution is 2.22. The normalized spacial score (nSPS) is 10.6. The molecule has 0 saturated heterocycles. The maximum atomic E-state index is 12.3. The third-order valence-electron chi connectivity index (χ3n) is 3.98. The molecule has 0 aliphatic rings. The molecule has 2 aromatic carbocycles. The Morgan fingerprint density at radius 1 is 1.18 bits per heavy atom. The Morgan fingerprint density at radius 3 is 2.64 bits per heavy atom. The Bertz CT molecular complexity index is 1160. The lowest BCUT2D eigenvalue weighted by atomic mass is 10.2. The molecule has 9 heteroatoms. The van der Waals surface area contributed by atoms with E-state index in [2.05, 4.69) is 15.6 Å². The summed E-state index contributed by atoms with van der Waals surface area (Å²) in [6, 6.07) is 15.9. The van der Waals surface area contributed by atoms with Crippen molar-refractivity contribution in [2.24, 2.45) is 0 Å². The molecule has 0 fully saturated rings. The number of rotatable bonds is 5. The summed E-state index contributed by atoms with van der Waals surface area (Å²) in [4.78, 5) is 28.9. The number of hydrogen-bond donors (Lipinski definition) is 2. The van der Waals surface area contributed by atoms with Crippen molar-refractivity contribution < 1.29 is 18.7 Å². The fourth-order valence-electron chi connectivity index (χ4n) is 2.60. The number of ether oxygens (including phenoxy) is 1. The van der Waals surface area contributed by atoms with Gasteiger partial charge >= 0.3 is 11.3 Å². The van der Waals surface area contributed by atoms with E-state index >= 15 is 0 Å². The lowest BCUT2D eigenvalue weighted by Gasteiger charge is -2.00. The molecule has 0 bridgehead atoms. The average molecular weight is 395 g/mol. The van der Waals surface area contributed by atoms with Crippen molar-refractivity contribution >= 4 is 22.4 Å². The van der Waals surface area contributed by atoms with Gasteiger partial charge in [0.1, 0.15) is 5.75 Å². The second-order valence-electron chi connectivity index (χ2n) is 5.72. The van der Waals surface area contributed by atoms with E-state index in [4.69, 9.17) is 9.26 Å². The number of carbonyl (C=O) groups excluding carboxylic acids is 1. The lowest BCUT2D eigenvalue weighted by Crippen LogP contribution is -2.36. The Kier molecular flexibility index (Phi) is 4.73. The van der Waals surface area contributed by atoms with Crippen LogP contribution in [0.2, 0.25) is 0 Å². The molecule has 2 N–H and O–H groups in total. The highest BCUT2D eigenvalue weighted by atomic mass is 32.1. The minimum Gasteiger partial charge on any atom is -0.497 e. The maximum Gasteiger partial charge on any atom is 0.437 e. The van der Waals surface area contributed by atoms with Gasteiger partial charge in [-0.15, -0.1) is 11.3 Å². The minimum absolute atomic E-state index is 0.224. The van der Waals surface area contributed by atoms with E-state index in [1.54, 1.807) is 61.0 Å². The van der Waals surface area contributed by atoms with E-state index in [-0.39, 0.29) is 11.6 Å². The SMILES string of the molecule is COc1ccc(-[n+]2[nH]oc(=O)c2-c2csc(NC(=O)c3ccccc3)n2)cc1. The van der Waals surface area contributed by atoms with E-state index in [0.717, 1.165) is 0 Å². The van der Waals surface area contributed by atoms with Crippen LogP contribution in [0.3, 0.4) is 0 Å². The molecule has 0 saturated carbocycles. The highest BCUT2D eigenvalue weighted by Gasteiger charge is 2.28. The number of carbonyl (C=O) groups is 1. The van der Waals surface area contributed by atoms with Gasteiger partial charge in [-0.2, -0.15) is 0 Å². The van der Waals surface area contributed by atoms with Crippen LogP contribution in [0, 0.1) is 0 Å². The van der Waals surface area contributed by atoms with Crippen LogP contribution in [0.1, 0.15) is 10.4 Å². The molecule has 140 valence electrons. The van der Waals surface area contributed by atoms with Crippen LogP contribution >= 0.6 is 11.3 Å². The standard InChI is InChI=1S/C19H14N4O4S/c1-26-14-9-7-13(8-10-14)23-16(18(25)27-22-23)15-11-28-19(20-15)21-17(24)12-5-3-2-4-6-12/h2-11H,1H3,(H-,20,21,22,24,25)/p+1. The molecule has 0 atom stereocenters. The minimum atomic E-state index is -0.568. The topological polar surface area (TPSA) is 101 Å². The molecule has 1 amide bonds. The van der Waals surface area contributed by atoms with Crippen LogP contribution < -0.4 is 20.4 Å². The summed E-state index contributed by atoms with van der Waals surface area (Å²) in [7, 11) is 1.58. The van der Waals surface area contributed by atoms with Crippen LogP contribution in [-0.4, -0.2) is 23.3 Å². The first-order valence-electron chi connectivity index (χ1n) is 8.26. The molecule has 4 aromatic rings. The Labute approximate surface area is 163 Å². The number of thiazole rings is 1. The van der Waals surface area contributed by atoms with Crippen molar-refractivity contribution in [2.45, 2.75) is 0 Å². The third kappa shape index (κ3) is 3.42. The number of hydrogen-bond acceptors (Lipinski definition) is 6. The second kappa shape index (κ2) is 7.49. The summed E-state index contributed by atoms with van der Waals surface area (Å²) < 4.78 is 11.6. The molecule has 0 radical (unpaired) electrons. The first-order chi connectivity index (χ1) is 13.7. The maximum absolute atomic E-state index is 12.3. The van der Waals surface area contributed by atoms with Gasteiger partial charge in [0.15, 0.2) is 10.8 Å². The largest absolute Gasteiger partial charge is 0.497 e. The molecule has 0 aliphatic carbocycles. The fourth-order valence-corrected chi connectivity index (χ4v) is 3.29. The van der Waals surface area contributed by atoms with Gasteiger partial charge in [0, 0.05) is 23.1 Å². The highest BCUT2D eigenvalue weighted by molar-refractivity contribution is 7.14. The first kappa shape index (κ1) is 17.7. The Hall–Kier alpha value is -3.72. The monoisotopic (exact) mass is 395 g/mol. The summed E-state index contributed by atoms with van der Waals surface area (Å²) in [5, 5.41) is 7.36. The number of aromatic nitrogens is 3. The van der Waals surface area contributed by atoms with Crippen molar-refractivity contribution in [1.29, 1.82) is 0 Å². The fraction of sp³-hybridized carbons (Fsp3) is 0.0526. The van der Waals surface area contributed by atoms with E-state index in [1.165, 1.54) is 16.0 Å². The van der Waals surface area contributed by atoms with Crippen LogP contribution in [0.5, 0.6) is 5.75 Å². The Morgan fingerprint density at radius 2 is 1.93 bits per heavy atom. The van der Waals surface area contributed by atoms with Gasteiger partial charge in [-0.1, -0.05) is 18.2 Å². The lowest BCUT2D eigenvalue weighted by molar-refractivity contribution is -0.660. The summed E-state index contributed by atoms with van der Waals surface area (Å²) in [5.41, 5.74) is 1.24. The summed E-state index contributed by atoms with van der Waals surface area (Å²) in [6.07, 6.45) is 0. The van der Waals surface area contributed by atoms with Crippen LogP contribution in [-0.2, 0) is 0 Å². The number of aromatic amines is 1. The molecule has 8 nitrogen and oxygen atoms in total. The molecule has 0 aliphatic heterocycles. The quantitative estimate of drug-likeness (QED) is 0.506. The zero-order valence-electron chi connectivity index (χ0n) is 14.7. The number of amides is 1. The molecule has 0 unspecified atom stereocenters. The van der Waals surface area contributed by atoms with E-state index in [1.807, 2.05) is 6.07 Å². The number of H-pyrrole nitrogens is 1. The smallest absolute Gasteiger partial charge is 0.437 e. The van der Waals surface area contributed by atoms with Crippen molar-refractivity contribution in [1.82, 2.24) is 10.3 Å². The molecule has 28 heavy (non-hydrogen) atoms. The molecule has 2 aromatic heterocycles. The summed E-state index contributed by atoms with van der Waals surface area (Å²) in [6.45, 7) is 0. The van der Waals surface area contributed by atoms with Crippen LogP contribution in [0.25, 0.3) is 17.1 Å². The molecule has 0 spiro atoms. The van der Waals surface area contributed by atoms with Crippen molar-refractivity contribution in [2.75, 3.05) is 12.4 Å². The van der Waals surface area contributed by atoms with Gasteiger partial charge in [-0.05, 0) is 34.2 Å². The van der Waals surface area contributed by atoms with Gasteiger partial charge in [0.05, 0.1) is 7.11 Å². The van der Waals surface area contributed by atoms with Crippen molar-refractivity contribution in [3.63, 3.8) is 0 Å². The number of methoxy groups -OCH3 is 1. The van der Waals surface area contributed by atoms with Gasteiger partial charge < -0.3 is 4.74 Å². The number of anilines is 1. The summed E-state index contributed by atoms with van der Waals surface area (Å²) in [5.74, 6) is 0.418. The molecular formula is C19H15N4O4S+. The van der Waals surface area contributed by atoms with E-state index in [9.17, 15) is 9.59 Å². The first-order valence-corrected chi connectivity index (χ1v) is 9.14. The van der Waals surface area contributed by atoms with Gasteiger partial charge in [0.25, 0.3) is 5.91 Å². The van der Waals surface area contributed by atoms with E-state index < -0.39 is 5.63 Å². The molecule has 4 rings (SSSR count). The van der Waals surface area contributed by atoms with Crippen molar-refractivity contribution in [3.8, 4) is 22.8 Å². The predicted molar refractivity (Wildman–Crippen MR) is 103 cm³/mol. The zero-order valence-corrected chi connectivity index (χ0v) is 15.5. The second-order valence-corrected chi connectivity index (χ2v) is 6.58. The average Bonchev–Trinajstić information content (AvgIpc) is 3.34. The predicted octanol–water partition coefficient (Wildman–Crippen LogP) is 2.63. The Balaban J connectivity index is 1.63. The molecule has 2 heterocycles. The zero-order chi connectivity index (χ0) is 19.5. The molecular weight excluding hydrogens is 380 g/mol.